The molecule has 1 aliphatic heterocycles. The summed E-state index contributed by atoms with van der Waals surface area (Å²) in [6.45, 7) is 4.94. The molecule has 3 N–H and O–H groups in total. The summed E-state index contributed by atoms with van der Waals surface area (Å²) in [5.41, 5.74) is 7.07. The summed E-state index contributed by atoms with van der Waals surface area (Å²) >= 11 is 1.84. The van der Waals surface area contributed by atoms with Crippen LogP contribution >= 0.6 is 11.3 Å². The predicted octanol–water partition coefficient (Wildman–Crippen LogP) is 2.50. The van der Waals surface area contributed by atoms with Crippen molar-refractivity contribution in [2.45, 2.75) is 25.8 Å². The first-order chi connectivity index (χ1) is 12.3. The summed E-state index contributed by atoms with van der Waals surface area (Å²) in [7, 11) is 0. The lowest BCUT2D eigenvalue weighted by molar-refractivity contribution is 0.172. The van der Waals surface area contributed by atoms with Crippen LogP contribution in [0.2, 0.25) is 0 Å². The number of guanidine groups is 1. The Balaban J connectivity index is 1.38. The van der Waals surface area contributed by atoms with Crippen LogP contribution in [-0.4, -0.2) is 42.0 Å². The van der Waals surface area contributed by atoms with Crippen LogP contribution in [0.1, 0.15) is 23.4 Å². The van der Waals surface area contributed by atoms with E-state index >= 15 is 0 Å². The number of hydrogen-bond acceptors (Lipinski definition) is 4. The third-order valence-corrected chi connectivity index (χ3v) is 5.36. The topological polar surface area (TPSA) is 66.5 Å². The lowest BCUT2D eigenvalue weighted by atomic mass is 9.98. The average Bonchev–Trinajstić information content (AvgIpc) is 3.14. The van der Waals surface area contributed by atoms with Crippen LogP contribution in [-0.2, 0) is 13.0 Å². The van der Waals surface area contributed by atoms with Crippen molar-refractivity contribution in [2.75, 3.05) is 26.2 Å². The number of piperidine rings is 1. The van der Waals surface area contributed by atoms with Crippen molar-refractivity contribution in [1.82, 2.24) is 15.2 Å². The normalized spacial score (nSPS) is 19.0. The second-order valence-electron chi connectivity index (χ2n) is 6.55. The van der Waals surface area contributed by atoms with E-state index in [0.29, 0.717) is 11.9 Å². The molecule has 2 aromatic rings. The van der Waals surface area contributed by atoms with Gasteiger partial charge in [0.15, 0.2) is 5.96 Å². The number of nitrogens with zero attached hydrogens (tertiary/aromatic N) is 3. The minimum atomic E-state index is 0.548. The van der Waals surface area contributed by atoms with Crippen molar-refractivity contribution in [1.29, 1.82) is 0 Å². The van der Waals surface area contributed by atoms with Gasteiger partial charge in [-0.3, -0.25) is 14.9 Å². The zero-order valence-corrected chi connectivity index (χ0v) is 15.4. The molecule has 5 nitrogen and oxygen atoms in total. The molecular weight excluding hydrogens is 330 g/mol. The number of aliphatic imine (C=N–C) groups is 1. The van der Waals surface area contributed by atoms with E-state index in [1.165, 1.54) is 24.3 Å². The second kappa shape index (κ2) is 9.53. The largest absolute Gasteiger partial charge is 0.370 e. The number of aromatic nitrogens is 1. The van der Waals surface area contributed by atoms with E-state index in [9.17, 15) is 0 Å². The van der Waals surface area contributed by atoms with Gasteiger partial charge in [-0.15, -0.1) is 11.3 Å². The third kappa shape index (κ3) is 6.14. The van der Waals surface area contributed by atoms with Crippen LogP contribution < -0.4 is 11.1 Å². The maximum absolute atomic E-state index is 6.01. The summed E-state index contributed by atoms with van der Waals surface area (Å²) in [5, 5.41) is 5.35. The predicted molar refractivity (Wildman–Crippen MR) is 105 cm³/mol. The molecule has 3 heterocycles. The van der Waals surface area contributed by atoms with Crippen molar-refractivity contribution in [2.24, 2.45) is 16.6 Å². The molecule has 3 rings (SSSR count). The molecule has 0 saturated carbocycles. The van der Waals surface area contributed by atoms with E-state index in [-0.39, 0.29) is 0 Å². The Morgan fingerprint density at radius 2 is 2.32 bits per heavy atom. The molecule has 0 aliphatic carbocycles. The first kappa shape index (κ1) is 17.9. The number of hydrogen-bond donors (Lipinski definition) is 2. The highest BCUT2D eigenvalue weighted by molar-refractivity contribution is 7.09. The Labute approximate surface area is 154 Å². The summed E-state index contributed by atoms with van der Waals surface area (Å²) in [6.07, 6.45) is 5.16. The van der Waals surface area contributed by atoms with Crippen LogP contribution in [0, 0.1) is 5.92 Å². The molecule has 0 amide bonds. The van der Waals surface area contributed by atoms with Gasteiger partial charge in [-0.05, 0) is 48.9 Å². The molecule has 2 aromatic heterocycles. The van der Waals surface area contributed by atoms with Gasteiger partial charge in [0, 0.05) is 49.4 Å². The summed E-state index contributed by atoms with van der Waals surface area (Å²) in [4.78, 5) is 12.8. The molecule has 0 aromatic carbocycles. The number of nitrogens with one attached hydrogen (secondary N) is 1. The number of thiophene rings is 1. The Morgan fingerprint density at radius 3 is 3.12 bits per heavy atom. The van der Waals surface area contributed by atoms with Gasteiger partial charge < -0.3 is 11.1 Å². The Hall–Kier alpha value is -1.92. The van der Waals surface area contributed by atoms with Crippen LogP contribution in [0.15, 0.2) is 46.9 Å². The zero-order valence-electron chi connectivity index (χ0n) is 14.6. The number of likely N-dealkylation sites (tertiary alicyclic amines) is 1. The van der Waals surface area contributed by atoms with Crippen molar-refractivity contribution in [3.8, 4) is 0 Å². The quantitative estimate of drug-likeness (QED) is 0.590. The van der Waals surface area contributed by atoms with Gasteiger partial charge in [0.25, 0.3) is 0 Å². The van der Waals surface area contributed by atoms with Crippen molar-refractivity contribution < 1.29 is 0 Å². The van der Waals surface area contributed by atoms with E-state index < -0.39 is 0 Å². The van der Waals surface area contributed by atoms with Gasteiger partial charge in [-0.25, -0.2) is 0 Å². The fourth-order valence-electron chi connectivity index (χ4n) is 3.21. The van der Waals surface area contributed by atoms with Gasteiger partial charge in [0.1, 0.15) is 0 Å². The lowest BCUT2D eigenvalue weighted by Crippen LogP contribution is -2.37. The van der Waals surface area contributed by atoms with Crippen LogP contribution in [0.25, 0.3) is 0 Å². The van der Waals surface area contributed by atoms with Crippen molar-refractivity contribution in [3.63, 3.8) is 0 Å². The van der Waals surface area contributed by atoms with E-state index in [0.717, 1.165) is 38.3 Å². The highest BCUT2D eigenvalue weighted by Gasteiger charge is 2.19. The molecule has 134 valence electrons. The van der Waals surface area contributed by atoms with E-state index in [1.807, 2.05) is 35.7 Å². The zero-order chi connectivity index (χ0) is 17.3. The van der Waals surface area contributed by atoms with E-state index in [4.69, 9.17) is 5.73 Å². The molecule has 1 unspecified atom stereocenters. The summed E-state index contributed by atoms with van der Waals surface area (Å²) in [5.74, 6) is 1.15. The highest BCUT2D eigenvalue weighted by atomic mass is 32.1. The molecule has 0 spiro atoms. The van der Waals surface area contributed by atoms with Crippen LogP contribution in [0.4, 0.5) is 0 Å². The fourth-order valence-corrected chi connectivity index (χ4v) is 3.96. The van der Waals surface area contributed by atoms with Gasteiger partial charge in [-0.1, -0.05) is 12.1 Å². The third-order valence-electron chi connectivity index (χ3n) is 4.50. The van der Waals surface area contributed by atoms with Crippen molar-refractivity contribution in [3.05, 3.63) is 52.5 Å². The average molecular weight is 358 g/mol. The van der Waals surface area contributed by atoms with E-state index in [1.54, 1.807) is 0 Å². The lowest BCUT2D eigenvalue weighted by Gasteiger charge is -2.31. The second-order valence-corrected chi connectivity index (χ2v) is 7.58. The molecule has 6 heteroatoms. The Kier molecular flexibility index (Phi) is 6.82. The van der Waals surface area contributed by atoms with Gasteiger partial charge in [0.05, 0.1) is 0 Å². The molecule has 25 heavy (non-hydrogen) atoms. The van der Waals surface area contributed by atoms with Gasteiger partial charge in [0.2, 0.25) is 0 Å². The summed E-state index contributed by atoms with van der Waals surface area (Å²) in [6, 6.07) is 10.3. The van der Waals surface area contributed by atoms with Crippen LogP contribution in [0.3, 0.4) is 0 Å². The van der Waals surface area contributed by atoms with Gasteiger partial charge in [-0.2, -0.15) is 0 Å². The molecule has 0 radical (unpaired) electrons. The van der Waals surface area contributed by atoms with E-state index in [2.05, 4.69) is 37.7 Å². The first-order valence-electron chi connectivity index (χ1n) is 8.98. The molecule has 1 fully saturated rings. The minimum absolute atomic E-state index is 0.548. The Morgan fingerprint density at radius 1 is 1.36 bits per heavy atom. The fraction of sp³-hybridized carbons (Fsp3) is 0.474. The van der Waals surface area contributed by atoms with Crippen LogP contribution in [0.5, 0.6) is 0 Å². The minimum Gasteiger partial charge on any atom is -0.370 e. The number of nitrogens with two attached hydrogens (primary N) is 1. The highest BCUT2D eigenvalue weighted by Crippen LogP contribution is 2.20. The molecular formula is C19H27N5S. The number of pyridine rings is 1. The molecule has 1 atom stereocenters. The maximum atomic E-state index is 6.01. The smallest absolute Gasteiger partial charge is 0.188 e. The first-order valence-corrected chi connectivity index (χ1v) is 9.86. The SMILES string of the molecule is NC(=NCC1CCCN(Cc2cccs2)C1)NCCc1ccccn1. The molecule has 1 saturated heterocycles. The number of rotatable bonds is 7. The molecule has 0 bridgehead atoms. The molecule has 1 aliphatic rings. The standard InChI is InChI=1S/C19H27N5S/c20-19(22-10-8-17-6-1-2-9-21-17)23-13-16-5-3-11-24(14-16)15-18-7-4-12-25-18/h1-2,4,6-7,9,12,16H,3,5,8,10-11,13-15H2,(H3,20,22,23). The monoisotopic (exact) mass is 357 g/mol. The van der Waals surface area contributed by atoms with Crippen molar-refractivity contribution >= 4 is 17.3 Å². The van der Waals surface area contributed by atoms with Gasteiger partial charge >= 0.3 is 0 Å². The maximum Gasteiger partial charge on any atom is 0.188 e. The summed E-state index contributed by atoms with van der Waals surface area (Å²) < 4.78 is 0. The Bertz CT molecular complexity index is 641.